The highest BCUT2D eigenvalue weighted by Gasteiger charge is 2.26. The highest BCUT2D eigenvalue weighted by atomic mass is 32.1. The van der Waals surface area contributed by atoms with Gasteiger partial charge in [0.05, 0.1) is 23.8 Å². The van der Waals surface area contributed by atoms with Crippen molar-refractivity contribution in [1.29, 1.82) is 0 Å². The number of rotatable bonds is 5. The van der Waals surface area contributed by atoms with E-state index in [4.69, 9.17) is 0 Å². The van der Waals surface area contributed by atoms with Gasteiger partial charge in [-0.25, -0.2) is 4.98 Å². The maximum Gasteiger partial charge on any atom is 0.223 e. The number of carbonyl (C=O) groups excluding carboxylic acids is 1. The second kappa shape index (κ2) is 6.85. The fraction of sp³-hybridized carbons (Fsp3) is 0.533. The minimum absolute atomic E-state index is 0.250. The predicted octanol–water partition coefficient (Wildman–Crippen LogP) is 2.35. The standard InChI is InChI=1S/C15H20N4OS/c20-15(6-5-13-11-21-12-16-13)19-9-2-1-4-14(19)10-18-8-3-7-17-18/h3,7-8,11-12,14H,1-2,4-6,9-10H2/t14-/m1/s1. The van der Waals surface area contributed by atoms with Crippen LogP contribution in [-0.4, -0.2) is 38.2 Å². The molecule has 2 aromatic rings. The lowest BCUT2D eigenvalue weighted by atomic mass is 10.0. The van der Waals surface area contributed by atoms with E-state index < -0.39 is 0 Å². The van der Waals surface area contributed by atoms with E-state index in [-0.39, 0.29) is 11.9 Å². The Balaban J connectivity index is 1.58. The van der Waals surface area contributed by atoms with E-state index in [0.717, 1.165) is 38.0 Å². The molecular formula is C15H20N4OS. The van der Waals surface area contributed by atoms with Crippen LogP contribution < -0.4 is 0 Å². The minimum atomic E-state index is 0.250. The maximum atomic E-state index is 12.5. The van der Waals surface area contributed by atoms with Crippen molar-refractivity contribution in [3.8, 4) is 0 Å². The van der Waals surface area contributed by atoms with Gasteiger partial charge in [0.15, 0.2) is 0 Å². The van der Waals surface area contributed by atoms with Gasteiger partial charge in [0.2, 0.25) is 5.91 Å². The molecular weight excluding hydrogens is 284 g/mol. The van der Waals surface area contributed by atoms with Crippen molar-refractivity contribution in [3.05, 3.63) is 35.0 Å². The molecule has 3 rings (SSSR count). The zero-order valence-corrected chi connectivity index (χ0v) is 12.8. The quantitative estimate of drug-likeness (QED) is 0.852. The molecule has 2 aromatic heterocycles. The summed E-state index contributed by atoms with van der Waals surface area (Å²) in [6.07, 6.45) is 8.43. The van der Waals surface area contributed by atoms with E-state index in [9.17, 15) is 4.79 Å². The van der Waals surface area contributed by atoms with Gasteiger partial charge in [-0.2, -0.15) is 5.10 Å². The molecule has 112 valence electrons. The fourth-order valence-corrected chi connectivity index (χ4v) is 3.48. The molecule has 0 aliphatic carbocycles. The third-order valence-corrected chi connectivity index (χ3v) is 4.62. The molecule has 0 aromatic carbocycles. The summed E-state index contributed by atoms with van der Waals surface area (Å²) in [7, 11) is 0. The van der Waals surface area contributed by atoms with Crippen LogP contribution in [0.5, 0.6) is 0 Å². The first-order valence-corrected chi connectivity index (χ1v) is 8.41. The number of likely N-dealkylation sites (tertiary alicyclic amines) is 1. The smallest absolute Gasteiger partial charge is 0.223 e. The van der Waals surface area contributed by atoms with Gasteiger partial charge in [-0.15, -0.1) is 11.3 Å². The van der Waals surface area contributed by atoms with Gasteiger partial charge >= 0.3 is 0 Å². The van der Waals surface area contributed by atoms with E-state index in [1.807, 2.05) is 27.8 Å². The van der Waals surface area contributed by atoms with Crippen LogP contribution in [0.2, 0.25) is 0 Å². The van der Waals surface area contributed by atoms with Crippen molar-refractivity contribution in [2.45, 2.75) is 44.7 Å². The van der Waals surface area contributed by atoms with E-state index in [1.54, 1.807) is 17.5 Å². The van der Waals surface area contributed by atoms with E-state index in [0.29, 0.717) is 6.42 Å². The topological polar surface area (TPSA) is 51.0 Å². The second-order valence-electron chi connectivity index (χ2n) is 5.44. The van der Waals surface area contributed by atoms with Crippen molar-refractivity contribution < 1.29 is 4.79 Å². The third kappa shape index (κ3) is 3.69. The number of hydrogen-bond donors (Lipinski definition) is 0. The first-order valence-electron chi connectivity index (χ1n) is 7.47. The average molecular weight is 304 g/mol. The molecule has 3 heterocycles. The van der Waals surface area contributed by atoms with Gasteiger partial charge in [0.1, 0.15) is 0 Å². The van der Waals surface area contributed by atoms with Crippen LogP contribution in [0.15, 0.2) is 29.4 Å². The molecule has 0 saturated carbocycles. The summed E-state index contributed by atoms with van der Waals surface area (Å²) in [6.45, 7) is 1.68. The summed E-state index contributed by atoms with van der Waals surface area (Å²) >= 11 is 1.58. The zero-order chi connectivity index (χ0) is 14.5. The van der Waals surface area contributed by atoms with E-state index in [2.05, 4.69) is 15.0 Å². The van der Waals surface area contributed by atoms with Crippen LogP contribution >= 0.6 is 11.3 Å². The fourth-order valence-electron chi connectivity index (χ4n) is 2.88. The lowest BCUT2D eigenvalue weighted by Crippen LogP contribution is -2.46. The molecule has 0 radical (unpaired) electrons. The number of amides is 1. The highest BCUT2D eigenvalue weighted by molar-refractivity contribution is 7.07. The number of aromatic nitrogens is 3. The summed E-state index contributed by atoms with van der Waals surface area (Å²) < 4.78 is 1.93. The SMILES string of the molecule is O=C(CCc1cscn1)N1CCCC[C@@H]1Cn1cccn1. The number of aryl methyl sites for hydroxylation is 1. The van der Waals surface area contributed by atoms with E-state index >= 15 is 0 Å². The molecule has 1 atom stereocenters. The molecule has 5 nitrogen and oxygen atoms in total. The molecule has 0 N–H and O–H groups in total. The number of hydrogen-bond acceptors (Lipinski definition) is 4. The number of piperidine rings is 1. The van der Waals surface area contributed by atoms with Crippen molar-refractivity contribution in [1.82, 2.24) is 19.7 Å². The second-order valence-corrected chi connectivity index (χ2v) is 6.16. The molecule has 1 fully saturated rings. The molecule has 0 bridgehead atoms. The Morgan fingerprint density at radius 2 is 2.38 bits per heavy atom. The number of thiazole rings is 1. The van der Waals surface area contributed by atoms with Gasteiger partial charge in [-0.3, -0.25) is 9.48 Å². The Morgan fingerprint density at radius 3 is 3.14 bits per heavy atom. The van der Waals surface area contributed by atoms with Gasteiger partial charge in [-0.1, -0.05) is 0 Å². The molecule has 1 aliphatic heterocycles. The van der Waals surface area contributed by atoms with Crippen molar-refractivity contribution in [2.75, 3.05) is 6.54 Å². The molecule has 1 aliphatic rings. The van der Waals surface area contributed by atoms with Gasteiger partial charge in [0, 0.05) is 30.7 Å². The zero-order valence-electron chi connectivity index (χ0n) is 12.0. The van der Waals surface area contributed by atoms with Gasteiger partial charge in [0.25, 0.3) is 0 Å². The predicted molar refractivity (Wildman–Crippen MR) is 82.0 cm³/mol. The van der Waals surface area contributed by atoms with Crippen LogP contribution in [0, 0.1) is 0 Å². The molecule has 1 saturated heterocycles. The van der Waals surface area contributed by atoms with Crippen molar-refractivity contribution >= 4 is 17.2 Å². The summed E-state index contributed by atoms with van der Waals surface area (Å²) in [6, 6.07) is 2.21. The Labute approximate surface area is 128 Å². The maximum absolute atomic E-state index is 12.5. The van der Waals surface area contributed by atoms with Gasteiger partial charge in [-0.05, 0) is 31.7 Å². The lowest BCUT2D eigenvalue weighted by Gasteiger charge is -2.35. The Hall–Kier alpha value is -1.69. The Kier molecular flexibility index (Phi) is 4.65. The molecule has 0 spiro atoms. The molecule has 0 unspecified atom stereocenters. The number of nitrogens with zero attached hydrogens (tertiary/aromatic N) is 4. The average Bonchev–Trinajstić information content (AvgIpc) is 3.18. The summed E-state index contributed by atoms with van der Waals surface area (Å²) in [5.41, 5.74) is 2.84. The lowest BCUT2D eigenvalue weighted by molar-refractivity contribution is -0.135. The largest absolute Gasteiger partial charge is 0.338 e. The summed E-state index contributed by atoms with van der Waals surface area (Å²) in [5, 5.41) is 6.28. The Morgan fingerprint density at radius 1 is 1.43 bits per heavy atom. The minimum Gasteiger partial charge on any atom is -0.338 e. The van der Waals surface area contributed by atoms with Crippen LogP contribution in [0.4, 0.5) is 0 Å². The number of carbonyl (C=O) groups is 1. The van der Waals surface area contributed by atoms with Crippen LogP contribution in [0.25, 0.3) is 0 Å². The summed E-state index contributed by atoms with van der Waals surface area (Å²) in [5.74, 6) is 0.250. The third-order valence-electron chi connectivity index (χ3n) is 3.98. The normalized spacial score (nSPS) is 18.9. The molecule has 6 heteroatoms. The molecule has 1 amide bonds. The van der Waals surface area contributed by atoms with Crippen LogP contribution in [-0.2, 0) is 17.8 Å². The molecule has 21 heavy (non-hydrogen) atoms. The van der Waals surface area contributed by atoms with E-state index in [1.165, 1.54) is 6.42 Å². The first-order chi connectivity index (χ1) is 10.3. The monoisotopic (exact) mass is 304 g/mol. The van der Waals surface area contributed by atoms with Gasteiger partial charge < -0.3 is 4.90 Å². The van der Waals surface area contributed by atoms with Crippen molar-refractivity contribution in [3.63, 3.8) is 0 Å². The van der Waals surface area contributed by atoms with Crippen molar-refractivity contribution in [2.24, 2.45) is 0 Å². The van der Waals surface area contributed by atoms with Crippen LogP contribution in [0.1, 0.15) is 31.4 Å². The highest BCUT2D eigenvalue weighted by Crippen LogP contribution is 2.20. The summed E-state index contributed by atoms with van der Waals surface area (Å²) in [4.78, 5) is 18.8. The van der Waals surface area contributed by atoms with Crippen LogP contribution in [0.3, 0.4) is 0 Å². The Bertz CT molecular complexity index is 552. The first kappa shape index (κ1) is 14.3.